The normalized spacial score (nSPS) is 24.7. The van der Waals surface area contributed by atoms with Gasteiger partial charge in [-0.15, -0.1) is 0 Å². The second-order valence-corrected chi connectivity index (χ2v) is 5.62. The van der Waals surface area contributed by atoms with E-state index in [1.807, 2.05) is 6.07 Å². The predicted molar refractivity (Wildman–Crippen MR) is 72.0 cm³/mol. The van der Waals surface area contributed by atoms with Crippen molar-refractivity contribution in [1.29, 1.82) is 0 Å². The second kappa shape index (κ2) is 5.37. The summed E-state index contributed by atoms with van der Waals surface area (Å²) in [6.45, 7) is 2.26. The maximum Gasteiger partial charge on any atom is 0.152 e. The molecule has 1 fully saturated rings. The predicted octanol–water partition coefficient (Wildman–Crippen LogP) is 4.49. The molecule has 16 heavy (non-hydrogen) atoms. The summed E-state index contributed by atoms with van der Waals surface area (Å²) in [7, 11) is 0. The number of anilines is 1. The molecule has 1 heterocycles. The molecule has 2 nitrogen and oxygen atoms in total. The zero-order chi connectivity index (χ0) is 11.5. The molecule has 0 amide bonds. The minimum absolute atomic E-state index is 0.554. The Morgan fingerprint density at radius 3 is 3.12 bits per heavy atom. The molecule has 0 bridgehead atoms. The molecule has 2 unspecified atom stereocenters. The van der Waals surface area contributed by atoms with Gasteiger partial charge in [0.25, 0.3) is 0 Å². The molecule has 1 saturated carbocycles. The smallest absolute Gasteiger partial charge is 0.152 e. The van der Waals surface area contributed by atoms with Crippen LogP contribution in [-0.4, -0.2) is 11.0 Å². The van der Waals surface area contributed by atoms with Crippen molar-refractivity contribution in [2.24, 2.45) is 5.92 Å². The first kappa shape index (κ1) is 12.2. The first-order valence-corrected chi connectivity index (χ1v) is 6.95. The summed E-state index contributed by atoms with van der Waals surface area (Å²) in [5, 5.41) is 4.09. The van der Waals surface area contributed by atoms with Crippen molar-refractivity contribution < 1.29 is 0 Å². The molecular weight excluding hydrogens is 288 g/mol. The van der Waals surface area contributed by atoms with Crippen molar-refractivity contribution in [1.82, 2.24) is 4.98 Å². The number of hydrogen-bond donors (Lipinski definition) is 1. The molecule has 1 aliphatic carbocycles. The quantitative estimate of drug-likeness (QED) is 0.832. The lowest BCUT2D eigenvalue weighted by Crippen LogP contribution is -2.23. The highest BCUT2D eigenvalue weighted by atomic mass is 79.9. The van der Waals surface area contributed by atoms with Gasteiger partial charge in [0.2, 0.25) is 0 Å². The third kappa shape index (κ3) is 2.69. The molecule has 4 heteroatoms. The molecule has 0 aromatic carbocycles. The van der Waals surface area contributed by atoms with Crippen LogP contribution in [0.25, 0.3) is 0 Å². The summed E-state index contributed by atoms with van der Waals surface area (Å²) >= 11 is 9.49. The van der Waals surface area contributed by atoms with Gasteiger partial charge >= 0.3 is 0 Å². The van der Waals surface area contributed by atoms with Crippen LogP contribution in [0.5, 0.6) is 0 Å². The SMILES string of the molecule is CCC1CCCC1Nc1cc(Br)cnc1Cl. The molecule has 1 aromatic rings. The maximum atomic E-state index is 6.07. The van der Waals surface area contributed by atoms with Gasteiger partial charge in [0.05, 0.1) is 5.69 Å². The summed E-state index contributed by atoms with van der Waals surface area (Å²) in [4.78, 5) is 4.13. The summed E-state index contributed by atoms with van der Waals surface area (Å²) in [5.74, 6) is 0.773. The Labute approximate surface area is 110 Å². The van der Waals surface area contributed by atoms with Crippen molar-refractivity contribution in [3.63, 3.8) is 0 Å². The monoisotopic (exact) mass is 302 g/mol. The van der Waals surface area contributed by atoms with Gasteiger partial charge in [0.15, 0.2) is 5.15 Å². The van der Waals surface area contributed by atoms with E-state index < -0.39 is 0 Å². The molecule has 0 aliphatic heterocycles. The van der Waals surface area contributed by atoms with E-state index >= 15 is 0 Å². The van der Waals surface area contributed by atoms with Crippen molar-refractivity contribution in [2.75, 3.05) is 5.32 Å². The van der Waals surface area contributed by atoms with Crippen LogP contribution in [0.15, 0.2) is 16.7 Å². The number of pyridine rings is 1. The van der Waals surface area contributed by atoms with Gasteiger partial charge in [-0.2, -0.15) is 0 Å². The van der Waals surface area contributed by atoms with Crippen molar-refractivity contribution in [3.8, 4) is 0 Å². The van der Waals surface area contributed by atoms with Crippen LogP contribution in [0.4, 0.5) is 5.69 Å². The van der Waals surface area contributed by atoms with Crippen molar-refractivity contribution in [2.45, 2.75) is 38.6 Å². The molecule has 1 N–H and O–H groups in total. The van der Waals surface area contributed by atoms with Crippen molar-refractivity contribution >= 4 is 33.2 Å². The van der Waals surface area contributed by atoms with E-state index in [0.717, 1.165) is 16.1 Å². The third-order valence-corrected chi connectivity index (χ3v) is 4.06. The van der Waals surface area contributed by atoms with E-state index in [-0.39, 0.29) is 0 Å². The Hall–Kier alpha value is -0.280. The zero-order valence-electron chi connectivity index (χ0n) is 9.34. The minimum atomic E-state index is 0.554. The third-order valence-electron chi connectivity index (χ3n) is 3.33. The van der Waals surface area contributed by atoms with E-state index in [1.165, 1.54) is 25.7 Å². The van der Waals surface area contributed by atoms with Gasteiger partial charge in [-0.05, 0) is 40.8 Å². The molecule has 0 saturated heterocycles. The first-order chi connectivity index (χ1) is 7.70. The van der Waals surface area contributed by atoms with Crippen LogP contribution in [0.1, 0.15) is 32.6 Å². The van der Waals surface area contributed by atoms with E-state index in [4.69, 9.17) is 11.6 Å². The number of nitrogens with one attached hydrogen (secondary N) is 1. The van der Waals surface area contributed by atoms with E-state index in [0.29, 0.717) is 11.2 Å². The molecule has 1 aromatic heterocycles. The fourth-order valence-corrected chi connectivity index (χ4v) is 2.93. The summed E-state index contributed by atoms with van der Waals surface area (Å²) in [5.41, 5.74) is 0.946. The lowest BCUT2D eigenvalue weighted by molar-refractivity contribution is 0.489. The first-order valence-electron chi connectivity index (χ1n) is 5.78. The minimum Gasteiger partial charge on any atom is -0.380 e. The lowest BCUT2D eigenvalue weighted by atomic mass is 10.0. The molecule has 2 atom stereocenters. The largest absolute Gasteiger partial charge is 0.380 e. The number of hydrogen-bond acceptors (Lipinski definition) is 2. The summed E-state index contributed by atoms with van der Waals surface area (Å²) < 4.78 is 0.963. The Balaban J connectivity index is 2.11. The molecule has 0 radical (unpaired) electrons. The Kier molecular flexibility index (Phi) is 4.09. The number of rotatable bonds is 3. The van der Waals surface area contributed by atoms with Gasteiger partial charge in [0, 0.05) is 16.7 Å². The molecular formula is C12H16BrClN2. The molecule has 2 rings (SSSR count). The standard InChI is InChI=1S/C12H16BrClN2/c1-2-8-4-3-5-10(8)16-11-6-9(13)7-15-12(11)14/h6-8,10,16H,2-5H2,1H3. The Morgan fingerprint density at radius 1 is 1.56 bits per heavy atom. The molecule has 88 valence electrons. The van der Waals surface area contributed by atoms with Gasteiger partial charge in [-0.25, -0.2) is 4.98 Å². The van der Waals surface area contributed by atoms with E-state index in [2.05, 4.69) is 33.2 Å². The Morgan fingerprint density at radius 2 is 2.38 bits per heavy atom. The molecule has 0 spiro atoms. The van der Waals surface area contributed by atoms with Crippen LogP contribution in [0, 0.1) is 5.92 Å². The highest BCUT2D eigenvalue weighted by molar-refractivity contribution is 9.10. The van der Waals surface area contributed by atoms with Crippen LogP contribution in [0.3, 0.4) is 0 Å². The highest BCUT2D eigenvalue weighted by Crippen LogP contribution is 2.33. The second-order valence-electron chi connectivity index (χ2n) is 4.34. The van der Waals surface area contributed by atoms with Gasteiger partial charge < -0.3 is 5.32 Å². The van der Waals surface area contributed by atoms with Crippen LogP contribution in [0.2, 0.25) is 5.15 Å². The number of aromatic nitrogens is 1. The van der Waals surface area contributed by atoms with Gasteiger partial charge in [0.1, 0.15) is 0 Å². The van der Waals surface area contributed by atoms with Crippen molar-refractivity contribution in [3.05, 3.63) is 21.9 Å². The fourth-order valence-electron chi connectivity index (χ4n) is 2.44. The average Bonchev–Trinajstić information content (AvgIpc) is 2.71. The maximum absolute atomic E-state index is 6.07. The van der Waals surface area contributed by atoms with Gasteiger partial charge in [-0.1, -0.05) is 31.4 Å². The zero-order valence-corrected chi connectivity index (χ0v) is 11.7. The highest BCUT2D eigenvalue weighted by Gasteiger charge is 2.26. The summed E-state index contributed by atoms with van der Waals surface area (Å²) in [6.07, 6.45) is 6.83. The van der Waals surface area contributed by atoms with Gasteiger partial charge in [-0.3, -0.25) is 0 Å². The Bertz CT molecular complexity index is 370. The number of halogens is 2. The van der Waals surface area contributed by atoms with E-state index in [1.54, 1.807) is 6.20 Å². The van der Waals surface area contributed by atoms with Crippen LogP contribution in [-0.2, 0) is 0 Å². The molecule has 1 aliphatic rings. The average molecular weight is 304 g/mol. The lowest BCUT2D eigenvalue weighted by Gasteiger charge is -2.21. The van der Waals surface area contributed by atoms with Crippen LogP contribution < -0.4 is 5.32 Å². The fraction of sp³-hybridized carbons (Fsp3) is 0.583. The van der Waals surface area contributed by atoms with E-state index in [9.17, 15) is 0 Å². The number of nitrogens with zero attached hydrogens (tertiary/aromatic N) is 1. The summed E-state index contributed by atoms with van der Waals surface area (Å²) in [6, 6.07) is 2.55. The topological polar surface area (TPSA) is 24.9 Å². The van der Waals surface area contributed by atoms with Crippen LogP contribution >= 0.6 is 27.5 Å².